The van der Waals surface area contributed by atoms with Gasteiger partial charge >= 0.3 is 5.97 Å². The summed E-state index contributed by atoms with van der Waals surface area (Å²) in [6.07, 6.45) is 5.99. The lowest BCUT2D eigenvalue weighted by molar-refractivity contribution is 0.0690. The predicted octanol–water partition coefficient (Wildman–Crippen LogP) is 0.954. The molecule has 0 fully saturated rings. The van der Waals surface area contributed by atoms with Crippen LogP contribution in [-0.4, -0.2) is 43.0 Å². The highest BCUT2D eigenvalue weighted by molar-refractivity contribution is 6.03. The number of imidazole rings is 1. The summed E-state index contributed by atoms with van der Waals surface area (Å²) in [5.74, 6) is -1.41. The van der Waals surface area contributed by atoms with E-state index in [1.165, 1.54) is 12.5 Å². The Morgan fingerprint density at radius 2 is 2.04 bits per heavy atom. The standard InChI is InChI=1S/C15H13N5O3/c21-14(13-12-10(3-5-17-13)2-1-4-16-12)18-6-7-20-8-11(15(22)23)19-9-20/h1-5,8-9H,6-7H2,(H,18,21)(H,22,23). The van der Waals surface area contributed by atoms with E-state index < -0.39 is 5.97 Å². The van der Waals surface area contributed by atoms with Crippen molar-refractivity contribution in [2.75, 3.05) is 6.54 Å². The van der Waals surface area contributed by atoms with E-state index in [2.05, 4.69) is 20.3 Å². The molecule has 3 heterocycles. The Hall–Kier alpha value is -3.29. The van der Waals surface area contributed by atoms with Crippen LogP contribution in [0.15, 0.2) is 43.1 Å². The Kier molecular flexibility index (Phi) is 3.96. The number of carbonyl (C=O) groups excluding carboxylic acids is 1. The summed E-state index contributed by atoms with van der Waals surface area (Å²) in [6, 6.07) is 5.45. The topological polar surface area (TPSA) is 110 Å². The summed E-state index contributed by atoms with van der Waals surface area (Å²) in [7, 11) is 0. The van der Waals surface area contributed by atoms with E-state index in [1.807, 2.05) is 6.07 Å². The van der Waals surface area contributed by atoms with Gasteiger partial charge in [-0.15, -0.1) is 0 Å². The molecule has 3 aromatic heterocycles. The molecule has 8 nitrogen and oxygen atoms in total. The maximum atomic E-state index is 12.2. The van der Waals surface area contributed by atoms with Crippen LogP contribution in [0.25, 0.3) is 10.9 Å². The van der Waals surface area contributed by atoms with Crippen LogP contribution in [0.4, 0.5) is 0 Å². The van der Waals surface area contributed by atoms with Crippen molar-refractivity contribution in [1.29, 1.82) is 0 Å². The van der Waals surface area contributed by atoms with Crippen LogP contribution in [0.2, 0.25) is 0 Å². The largest absolute Gasteiger partial charge is 0.476 e. The molecule has 0 atom stereocenters. The first-order valence-electron chi connectivity index (χ1n) is 6.88. The van der Waals surface area contributed by atoms with E-state index in [0.29, 0.717) is 18.6 Å². The fourth-order valence-corrected chi connectivity index (χ4v) is 2.14. The third-order valence-electron chi connectivity index (χ3n) is 3.24. The smallest absolute Gasteiger partial charge is 0.356 e. The summed E-state index contributed by atoms with van der Waals surface area (Å²) >= 11 is 0. The summed E-state index contributed by atoms with van der Waals surface area (Å²) in [5.41, 5.74) is 0.777. The lowest BCUT2D eigenvalue weighted by Crippen LogP contribution is -2.28. The maximum Gasteiger partial charge on any atom is 0.356 e. The van der Waals surface area contributed by atoms with Gasteiger partial charge in [0.05, 0.1) is 6.33 Å². The van der Waals surface area contributed by atoms with Gasteiger partial charge in [0, 0.05) is 37.1 Å². The van der Waals surface area contributed by atoms with Gasteiger partial charge in [0.2, 0.25) is 0 Å². The highest BCUT2D eigenvalue weighted by atomic mass is 16.4. The zero-order valence-corrected chi connectivity index (χ0v) is 12.0. The summed E-state index contributed by atoms with van der Waals surface area (Å²) < 4.78 is 1.60. The lowest BCUT2D eigenvalue weighted by Gasteiger charge is -2.07. The van der Waals surface area contributed by atoms with Crippen molar-refractivity contribution in [2.45, 2.75) is 6.54 Å². The second kappa shape index (κ2) is 6.22. The Balaban J connectivity index is 1.65. The van der Waals surface area contributed by atoms with E-state index in [0.717, 1.165) is 5.39 Å². The van der Waals surface area contributed by atoms with Gasteiger partial charge in [0.25, 0.3) is 5.91 Å². The molecule has 0 unspecified atom stereocenters. The molecule has 0 saturated heterocycles. The second-order valence-corrected chi connectivity index (χ2v) is 4.79. The van der Waals surface area contributed by atoms with Crippen LogP contribution < -0.4 is 5.32 Å². The van der Waals surface area contributed by atoms with Crippen LogP contribution in [0.1, 0.15) is 21.0 Å². The molecule has 0 saturated carbocycles. The van der Waals surface area contributed by atoms with Crippen molar-refractivity contribution in [3.05, 3.63) is 54.5 Å². The van der Waals surface area contributed by atoms with E-state index in [1.54, 1.807) is 29.1 Å². The van der Waals surface area contributed by atoms with Crippen molar-refractivity contribution >= 4 is 22.8 Å². The van der Waals surface area contributed by atoms with Crippen molar-refractivity contribution in [1.82, 2.24) is 24.8 Å². The Bertz CT molecular complexity index is 869. The third-order valence-corrected chi connectivity index (χ3v) is 3.24. The molecule has 0 aromatic carbocycles. The maximum absolute atomic E-state index is 12.2. The van der Waals surface area contributed by atoms with Crippen LogP contribution in [-0.2, 0) is 6.54 Å². The third kappa shape index (κ3) is 3.15. The van der Waals surface area contributed by atoms with E-state index >= 15 is 0 Å². The first kappa shape index (κ1) is 14.6. The number of hydrogen-bond donors (Lipinski definition) is 2. The lowest BCUT2D eigenvalue weighted by atomic mass is 10.2. The van der Waals surface area contributed by atoms with Gasteiger partial charge in [-0.1, -0.05) is 6.07 Å². The van der Waals surface area contributed by atoms with Gasteiger partial charge in [-0.05, 0) is 12.1 Å². The Labute approximate surface area is 130 Å². The van der Waals surface area contributed by atoms with Crippen molar-refractivity contribution in [3.63, 3.8) is 0 Å². The quantitative estimate of drug-likeness (QED) is 0.726. The average molecular weight is 311 g/mol. The molecule has 8 heteroatoms. The molecule has 3 aromatic rings. The minimum Gasteiger partial charge on any atom is -0.476 e. The molecule has 2 N–H and O–H groups in total. The number of aromatic carboxylic acids is 1. The average Bonchev–Trinajstić information content (AvgIpc) is 3.03. The van der Waals surface area contributed by atoms with Crippen LogP contribution >= 0.6 is 0 Å². The van der Waals surface area contributed by atoms with E-state index in [-0.39, 0.29) is 17.3 Å². The molecule has 0 aliphatic rings. The van der Waals surface area contributed by atoms with E-state index in [4.69, 9.17) is 5.11 Å². The monoisotopic (exact) mass is 311 g/mol. The van der Waals surface area contributed by atoms with Crippen LogP contribution in [0, 0.1) is 0 Å². The van der Waals surface area contributed by atoms with Gasteiger partial charge in [-0.3, -0.25) is 9.78 Å². The van der Waals surface area contributed by atoms with Crippen LogP contribution in [0.3, 0.4) is 0 Å². The number of aromatic nitrogens is 4. The van der Waals surface area contributed by atoms with Gasteiger partial charge in [0.1, 0.15) is 5.52 Å². The number of rotatable bonds is 5. The van der Waals surface area contributed by atoms with Crippen LogP contribution in [0.5, 0.6) is 0 Å². The van der Waals surface area contributed by atoms with Gasteiger partial charge in [-0.2, -0.15) is 0 Å². The number of nitrogens with zero attached hydrogens (tertiary/aromatic N) is 4. The summed E-state index contributed by atoms with van der Waals surface area (Å²) in [4.78, 5) is 35.0. The van der Waals surface area contributed by atoms with Crippen molar-refractivity contribution in [3.8, 4) is 0 Å². The number of pyridine rings is 2. The molecule has 3 rings (SSSR count). The molecule has 116 valence electrons. The van der Waals surface area contributed by atoms with Gasteiger partial charge in [0.15, 0.2) is 11.4 Å². The first-order valence-corrected chi connectivity index (χ1v) is 6.88. The highest BCUT2D eigenvalue weighted by Crippen LogP contribution is 2.13. The fraction of sp³-hybridized carbons (Fsp3) is 0.133. The van der Waals surface area contributed by atoms with Crippen molar-refractivity contribution < 1.29 is 14.7 Å². The SMILES string of the molecule is O=C(O)c1cn(CCNC(=O)c2nccc3cccnc23)cn1. The number of carbonyl (C=O) groups is 2. The number of amides is 1. The summed E-state index contributed by atoms with van der Waals surface area (Å²) in [6.45, 7) is 0.726. The van der Waals surface area contributed by atoms with Crippen molar-refractivity contribution in [2.24, 2.45) is 0 Å². The molecule has 0 spiro atoms. The molecular weight excluding hydrogens is 298 g/mol. The molecular formula is C15H13N5O3. The number of carboxylic acid groups (broad SMARTS) is 1. The Morgan fingerprint density at radius 3 is 2.83 bits per heavy atom. The molecule has 0 radical (unpaired) electrons. The van der Waals surface area contributed by atoms with Gasteiger partial charge in [-0.25, -0.2) is 14.8 Å². The molecule has 0 aliphatic heterocycles. The predicted molar refractivity (Wildman–Crippen MR) is 81.1 cm³/mol. The minimum absolute atomic E-state index is 0.0313. The minimum atomic E-state index is -1.08. The second-order valence-electron chi connectivity index (χ2n) is 4.79. The zero-order chi connectivity index (χ0) is 16.2. The Morgan fingerprint density at radius 1 is 1.17 bits per heavy atom. The normalized spacial score (nSPS) is 10.6. The molecule has 23 heavy (non-hydrogen) atoms. The summed E-state index contributed by atoms with van der Waals surface area (Å²) in [5, 5.41) is 12.4. The highest BCUT2D eigenvalue weighted by Gasteiger charge is 2.12. The van der Waals surface area contributed by atoms with E-state index in [9.17, 15) is 9.59 Å². The van der Waals surface area contributed by atoms with Gasteiger partial charge < -0.3 is 15.0 Å². The molecule has 0 aliphatic carbocycles. The zero-order valence-electron chi connectivity index (χ0n) is 12.0. The molecule has 1 amide bonds. The number of carboxylic acids is 1. The number of nitrogens with one attached hydrogen (secondary N) is 1. The fourth-order valence-electron chi connectivity index (χ4n) is 2.14. The first-order chi connectivity index (χ1) is 11.1. The molecule has 0 bridgehead atoms. The number of hydrogen-bond acceptors (Lipinski definition) is 5. The number of fused-ring (bicyclic) bond motifs is 1.